The number of hydrogen-bond donors (Lipinski definition) is 3. The molecule has 32 heavy (non-hydrogen) atoms. The number of fused-ring (bicyclic) bond motifs is 3. The topological polar surface area (TPSA) is 114 Å². The Kier molecular flexibility index (Phi) is 7.83. The lowest BCUT2D eigenvalue weighted by molar-refractivity contribution is -0.142. The molecule has 0 fully saturated rings. The summed E-state index contributed by atoms with van der Waals surface area (Å²) < 4.78 is 10.4. The van der Waals surface area contributed by atoms with Crippen LogP contribution in [0, 0.1) is 0 Å². The zero-order chi connectivity index (χ0) is 23.1. The summed E-state index contributed by atoms with van der Waals surface area (Å²) in [5, 5.41) is 14.3. The van der Waals surface area contributed by atoms with Crippen LogP contribution in [0.1, 0.15) is 36.8 Å². The molecule has 2 aromatic carbocycles. The van der Waals surface area contributed by atoms with Crippen LogP contribution in [0.2, 0.25) is 0 Å². The summed E-state index contributed by atoms with van der Waals surface area (Å²) >= 11 is 0. The minimum atomic E-state index is -1.16. The molecule has 0 aromatic heterocycles. The van der Waals surface area contributed by atoms with Crippen LogP contribution in [0.5, 0.6) is 0 Å². The Morgan fingerprint density at radius 1 is 0.969 bits per heavy atom. The first-order valence-corrected chi connectivity index (χ1v) is 10.6. The Morgan fingerprint density at radius 2 is 1.56 bits per heavy atom. The first kappa shape index (κ1) is 23.3. The van der Waals surface area contributed by atoms with Crippen molar-refractivity contribution in [3.8, 4) is 11.1 Å². The molecule has 0 spiro atoms. The molecule has 8 heteroatoms. The van der Waals surface area contributed by atoms with Gasteiger partial charge in [-0.15, -0.1) is 0 Å². The van der Waals surface area contributed by atoms with Crippen LogP contribution in [0.15, 0.2) is 48.5 Å². The number of carboxylic acid groups (broad SMARTS) is 1. The van der Waals surface area contributed by atoms with Gasteiger partial charge in [-0.05, 0) is 28.7 Å². The number of carbonyl (C=O) groups is 3. The molecule has 2 atom stereocenters. The van der Waals surface area contributed by atoms with Gasteiger partial charge in [0.05, 0.1) is 0 Å². The zero-order valence-corrected chi connectivity index (χ0v) is 18.2. The van der Waals surface area contributed by atoms with Crippen molar-refractivity contribution in [1.29, 1.82) is 0 Å². The van der Waals surface area contributed by atoms with Gasteiger partial charge in [-0.25, -0.2) is 9.59 Å². The summed E-state index contributed by atoms with van der Waals surface area (Å²) in [6.07, 6.45) is -0.316. The third-order valence-corrected chi connectivity index (χ3v) is 5.59. The lowest BCUT2D eigenvalue weighted by atomic mass is 9.98. The summed E-state index contributed by atoms with van der Waals surface area (Å²) in [5.74, 6) is -1.83. The second-order valence-corrected chi connectivity index (χ2v) is 7.61. The van der Waals surface area contributed by atoms with Gasteiger partial charge in [-0.1, -0.05) is 55.5 Å². The van der Waals surface area contributed by atoms with E-state index < -0.39 is 30.1 Å². The van der Waals surface area contributed by atoms with E-state index in [-0.39, 0.29) is 32.0 Å². The Hall–Kier alpha value is -3.39. The fourth-order valence-corrected chi connectivity index (χ4v) is 3.90. The minimum absolute atomic E-state index is 0.0903. The Labute approximate surface area is 186 Å². The highest BCUT2D eigenvalue weighted by molar-refractivity contribution is 5.89. The number of rotatable bonds is 10. The SMILES string of the molecule is CC[C@@H](NC(=O)OCC1c2ccccc2-c2ccccc21)C(=O)NC(CCOC)C(=O)O. The van der Waals surface area contributed by atoms with E-state index in [1.165, 1.54) is 7.11 Å². The van der Waals surface area contributed by atoms with Crippen LogP contribution in [-0.4, -0.2) is 55.5 Å². The van der Waals surface area contributed by atoms with E-state index in [2.05, 4.69) is 10.6 Å². The van der Waals surface area contributed by atoms with Gasteiger partial charge in [0.2, 0.25) is 5.91 Å². The maximum Gasteiger partial charge on any atom is 0.407 e. The largest absolute Gasteiger partial charge is 0.480 e. The standard InChI is InChI=1S/C24H28N2O6/c1-3-20(22(27)25-21(23(28)29)12-13-31-2)26-24(30)32-14-19-17-10-6-4-8-15(17)16-9-5-7-11-18(16)19/h4-11,19-21H,3,12-14H2,1-2H3,(H,25,27)(H,26,30)(H,28,29)/t20-,21?/m1/s1. The molecule has 0 radical (unpaired) electrons. The van der Waals surface area contributed by atoms with Crippen molar-refractivity contribution in [3.05, 3.63) is 59.7 Å². The molecule has 0 saturated carbocycles. The number of ether oxygens (including phenoxy) is 2. The second kappa shape index (κ2) is 10.8. The molecular formula is C24H28N2O6. The van der Waals surface area contributed by atoms with Crippen molar-refractivity contribution in [2.45, 2.75) is 37.8 Å². The van der Waals surface area contributed by atoms with Crippen LogP contribution in [0.25, 0.3) is 11.1 Å². The van der Waals surface area contributed by atoms with Gasteiger partial charge in [0.25, 0.3) is 0 Å². The summed E-state index contributed by atoms with van der Waals surface area (Å²) in [6, 6.07) is 14.0. The average molecular weight is 440 g/mol. The van der Waals surface area contributed by atoms with Gasteiger partial charge < -0.3 is 25.2 Å². The highest BCUT2D eigenvalue weighted by atomic mass is 16.5. The van der Waals surface area contributed by atoms with Crippen molar-refractivity contribution >= 4 is 18.0 Å². The van der Waals surface area contributed by atoms with E-state index >= 15 is 0 Å². The lowest BCUT2D eigenvalue weighted by Gasteiger charge is -2.21. The number of alkyl carbamates (subject to hydrolysis) is 1. The van der Waals surface area contributed by atoms with Crippen LogP contribution in [0.3, 0.4) is 0 Å². The van der Waals surface area contributed by atoms with E-state index in [0.29, 0.717) is 0 Å². The van der Waals surface area contributed by atoms with E-state index in [1.54, 1.807) is 6.92 Å². The summed E-state index contributed by atoms with van der Waals surface area (Å²) in [4.78, 5) is 36.3. The second-order valence-electron chi connectivity index (χ2n) is 7.61. The van der Waals surface area contributed by atoms with Crippen molar-refractivity contribution < 1.29 is 29.0 Å². The normalized spacial score (nSPS) is 14.1. The zero-order valence-electron chi connectivity index (χ0n) is 18.2. The number of benzene rings is 2. The van der Waals surface area contributed by atoms with Crippen LogP contribution in [-0.2, 0) is 19.1 Å². The lowest BCUT2D eigenvalue weighted by Crippen LogP contribution is -2.51. The van der Waals surface area contributed by atoms with Gasteiger partial charge in [0, 0.05) is 26.1 Å². The average Bonchev–Trinajstić information content (AvgIpc) is 3.12. The van der Waals surface area contributed by atoms with Gasteiger partial charge in [-0.3, -0.25) is 4.79 Å². The molecule has 3 N–H and O–H groups in total. The molecule has 0 aliphatic heterocycles. The molecule has 1 aliphatic rings. The van der Waals surface area contributed by atoms with Gasteiger partial charge in [0.1, 0.15) is 18.7 Å². The number of amides is 2. The molecule has 2 aromatic rings. The Bertz CT molecular complexity index is 931. The molecule has 170 valence electrons. The van der Waals surface area contributed by atoms with Crippen molar-refractivity contribution in [1.82, 2.24) is 10.6 Å². The molecular weight excluding hydrogens is 412 g/mol. The Morgan fingerprint density at radius 3 is 2.09 bits per heavy atom. The number of carbonyl (C=O) groups excluding carboxylic acids is 2. The fraction of sp³-hybridized carbons (Fsp3) is 0.375. The summed E-state index contributed by atoms with van der Waals surface area (Å²) in [5.41, 5.74) is 4.43. The van der Waals surface area contributed by atoms with Crippen LogP contribution in [0.4, 0.5) is 4.79 Å². The van der Waals surface area contributed by atoms with Crippen molar-refractivity contribution in [2.24, 2.45) is 0 Å². The molecule has 8 nitrogen and oxygen atoms in total. The molecule has 1 aliphatic carbocycles. The fourth-order valence-electron chi connectivity index (χ4n) is 3.90. The van der Waals surface area contributed by atoms with E-state index in [9.17, 15) is 19.5 Å². The highest BCUT2D eigenvalue weighted by Gasteiger charge is 2.30. The van der Waals surface area contributed by atoms with E-state index in [0.717, 1.165) is 22.3 Å². The monoisotopic (exact) mass is 440 g/mol. The third kappa shape index (κ3) is 5.26. The number of methoxy groups -OCH3 is 1. The molecule has 0 heterocycles. The molecule has 0 bridgehead atoms. The molecule has 1 unspecified atom stereocenters. The molecule has 3 rings (SSSR count). The van der Waals surface area contributed by atoms with Crippen molar-refractivity contribution in [2.75, 3.05) is 20.3 Å². The highest BCUT2D eigenvalue weighted by Crippen LogP contribution is 2.44. The van der Waals surface area contributed by atoms with Gasteiger partial charge in [0.15, 0.2) is 0 Å². The predicted molar refractivity (Wildman–Crippen MR) is 118 cm³/mol. The summed E-state index contributed by atoms with van der Waals surface area (Å²) in [6.45, 7) is 2.04. The molecule has 0 saturated heterocycles. The molecule has 2 amide bonds. The van der Waals surface area contributed by atoms with Gasteiger partial charge >= 0.3 is 12.1 Å². The first-order chi connectivity index (χ1) is 15.5. The predicted octanol–water partition coefficient (Wildman–Crippen LogP) is 2.91. The smallest absolute Gasteiger partial charge is 0.407 e. The van der Waals surface area contributed by atoms with Crippen LogP contribution >= 0.6 is 0 Å². The minimum Gasteiger partial charge on any atom is -0.480 e. The first-order valence-electron chi connectivity index (χ1n) is 10.6. The summed E-state index contributed by atoms with van der Waals surface area (Å²) in [7, 11) is 1.45. The van der Waals surface area contributed by atoms with Crippen LogP contribution < -0.4 is 10.6 Å². The number of carboxylic acids is 1. The third-order valence-electron chi connectivity index (χ3n) is 5.59. The van der Waals surface area contributed by atoms with Gasteiger partial charge in [-0.2, -0.15) is 0 Å². The quantitative estimate of drug-likeness (QED) is 0.524. The maximum absolute atomic E-state index is 12.5. The van der Waals surface area contributed by atoms with Crippen molar-refractivity contribution in [3.63, 3.8) is 0 Å². The number of nitrogens with one attached hydrogen (secondary N) is 2. The Balaban J connectivity index is 1.60. The van der Waals surface area contributed by atoms with E-state index in [1.807, 2.05) is 48.5 Å². The number of hydrogen-bond acceptors (Lipinski definition) is 5. The van der Waals surface area contributed by atoms with E-state index in [4.69, 9.17) is 9.47 Å². The number of aliphatic carboxylic acids is 1. The maximum atomic E-state index is 12.5.